The molecule has 1 spiro atoms. The number of aryl methyl sites for hydroxylation is 1. The summed E-state index contributed by atoms with van der Waals surface area (Å²) < 4.78 is 52.2. The Morgan fingerprint density at radius 3 is 2.41 bits per heavy atom. The van der Waals surface area contributed by atoms with Crippen molar-refractivity contribution in [2.45, 2.75) is 83.7 Å². The van der Waals surface area contributed by atoms with Crippen molar-refractivity contribution in [2.75, 3.05) is 13.2 Å². The maximum Gasteiger partial charge on any atom is 0.332 e. The van der Waals surface area contributed by atoms with Crippen molar-refractivity contribution < 1.29 is 26.5 Å². The highest BCUT2D eigenvalue weighted by Gasteiger charge is 2.67. The number of ether oxygens (including phenoxy) is 2. The van der Waals surface area contributed by atoms with Crippen LogP contribution in [0.2, 0.25) is 18.1 Å². The predicted octanol–water partition coefficient (Wildman–Crippen LogP) is 2.02. The van der Waals surface area contributed by atoms with Crippen LogP contribution in [0.5, 0.6) is 0 Å². The molecule has 4 atom stereocenters. The zero-order valence-corrected chi connectivity index (χ0v) is 24.8. The fraction of sp³-hybridized carbons (Fsp3) is 0.667. The summed E-state index contributed by atoms with van der Waals surface area (Å²) in [5, 5.41) is 0.579. The molecule has 0 bridgehead atoms. The Bertz CT molecular complexity index is 1330. The first-order valence-electron chi connectivity index (χ1n) is 12.1. The van der Waals surface area contributed by atoms with Gasteiger partial charge in [0.1, 0.15) is 12.2 Å². The molecule has 3 heterocycles. The SMILES string of the molecule is CC(C)=CCOC[C@H]1O[C@@H](n2cc(C)c(=O)n(C)c2=O)[C@H](O[Si](C)(C)C(C)(C)C)[C@]12OS(=O)(=O)C=C2N. The quantitative estimate of drug-likeness (QED) is 0.231. The first-order valence-corrected chi connectivity index (χ1v) is 16.5. The van der Waals surface area contributed by atoms with Gasteiger partial charge in [-0.05, 0) is 38.9 Å². The van der Waals surface area contributed by atoms with E-state index in [1.54, 1.807) is 6.92 Å². The summed E-state index contributed by atoms with van der Waals surface area (Å²) in [4.78, 5) is 25.7. The number of nitrogens with two attached hydrogens (primary N) is 1. The molecule has 13 heteroatoms. The summed E-state index contributed by atoms with van der Waals surface area (Å²) in [6.07, 6.45) is -0.0516. The number of hydrogen-bond acceptors (Lipinski definition) is 9. The van der Waals surface area contributed by atoms with Crippen LogP contribution >= 0.6 is 0 Å². The fourth-order valence-electron chi connectivity index (χ4n) is 4.14. The van der Waals surface area contributed by atoms with E-state index in [9.17, 15) is 18.0 Å². The Morgan fingerprint density at radius 2 is 1.89 bits per heavy atom. The van der Waals surface area contributed by atoms with Gasteiger partial charge in [-0.1, -0.05) is 32.4 Å². The first kappa shape index (κ1) is 29.5. The third-order valence-electron chi connectivity index (χ3n) is 7.30. The maximum absolute atomic E-state index is 13.2. The van der Waals surface area contributed by atoms with Gasteiger partial charge in [0.25, 0.3) is 15.7 Å². The standard InChI is InChI=1S/C24H39N3O8SSi/c1-15(2)10-11-32-13-18-24(17(25)14-36(30,31)35-24)19(34-37(8,9)23(4,5)6)21(33-18)27-12-16(3)20(28)26(7)22(27)29/h10,12,14,18-19,21H,11,13,25H2,1-9H3/t18-,19+,21-,24-/m1/s1. The maximum atomic E-state index is 13.2. The van der Waals surface area contributed by atoms with Gasteiger partial charge >= 0.3 is 5.69 Å². The van der Waals surface area contributed by atoms with Crippen molar-refractivity contribution in [1.29, 1.82) is 0 Å². The van der Waals surface area contributed by atoms with Crippen LogP contribution in [0.4, 0.5) is 0 Å². The van der Waals surface area contributed by atoms with Crippen molar-refractivity contribution >= 4 is 18.4 Å². The molecule has 1 saturated heterocycles. The molecule has 0 radical (unpaired) electrons. The fourth-order valence-corrected chi connectivity index (χ4v) is 6.65. The zero-order valence-electron chi connectivity index (χ0n) is 23.0. The molecule has 0 aromatic carbocycles. The van der Waals surface area contributed by atoms with Crippen molar-refractivity contribution in [3.05, 3.63) is 55.4 Å². The molecule has 2 aliphatic heterocycles. The first-order chi connectivity index (χ1) is 16.8. The van der Waals surface area contributed by atoms with E-state index >= 15 is 0 Å². The molecule has 3 rings (SSSR count). The molecule has 0 amide bonds. The summed E-state index contributed by atoms with van der Waals surface area (Å²) in [6, 6.07) is 0. The number of aromatic nitrogens is 2. The number of hydrogen-bond donors (Lipinski definition) is 1. The third-order valence-corrected chi connectivity index (χ3v) is 12.8. The topological polar surface area (TPSA) is 141 Å². The highest BCUT2D eigenvalue weighted by Crippen LogP contribution is 2.51. The normalized spacial score (nSPS) is 27.5. The van der Waals surface area contributed by atoms with Crippen LogP contribution in [-0.2, 0) is 35.2 Å². The van der Waals surface area contributed by atoms with Gasteiger partial charge in [-0.25, -0.2) is 8.98 Å². The molecule has 0 saturated carbocycles. The summed E-state index contributed by atoms with van der Waals surface area (Å²) >= 11 is 0. The zero-order chi connectivity index (χ0) is 28.1. The molecular weight excluding hydrogens is 518 g/mol. The van der Waals surface area contributed by atoms with E-state index in [1.165, 1.54) is 17.8 Å². The summed E-state index contributed by atoms with van der Waals surface area (Å²) in [7, 11) is -5.42. The van der Waals surface area contributed by atoms with Gasteiger partial charge in [0, 0.05) is 18.8 Å². The summed E-state index contributed by atoms with van der Waals surface area (Å²) in [5.74, 6) is 0. The molecule has 1 aromatic heterocycles. The number of rotatable bonds is 7. The molecule has 37 heavy (non-hydrogen) atoms. The van der Waals surface area contributed by atoms with Crippen molar-refractivity contribution in [3.8, 4) is 0 Å². The Morgan fingerprint density at radius 1 is 1.27 bits per heavy atom. The second kappa shape index (κ2) is 9.93. The van der Waals surface area contributed by atoms with E-state index in [4.69, 9.17) is 23.8 Å². The van der Waals surface area contributed by atoms with Crippen LogP contribution in [0.3, 0.4) is 0 Å². The van der Waals surface area contributed by atoms with E-state index in [-0.39, 0.29) is 23.9 Å². The minimum absolute atomic E-state index is 0.0821. The number of nitrogens with zero attached hydrogens (tertiary/aromatic N) is 2. The summed E-state index contributed by atoms with van der Waals surface area (Å²) in [5.41, 5.74) is 4.77. The second-order valence-corrected chi connectivity index (χ2v) is 17.6. The predicted molar refractivity (Wildman–Crippen MR) is 142 cm³/mol. The largest absolute Gasteiger partial charge is 0.406 e. The van der Waals surface area contributed by atoms with E-state index in [0.717, 1.165) is 15.5 Å². The van der Waals surface area contributed by atoms with Crippen LogP contribution in [0, 0.1) is 6.92 Å². The van der Waals surface area contributed by atoms with Gasteiger partial charge < -0.3 is 19.6 Å². The third kappa shape index (κ3) is 5.43. The molecule has 2 N–H and O–H groups in total. The van der Waals surface area contributed by atoms with E-state index < -0.39 is 53.7 Å². The Balaban J connectivity index is 2.23. The molecular formula is C24H39N3O8SSi. The minimum atomic E-state index is -4.17. The average molecular weight is 558 g/mol. The lowest BCUT2D eigenvalue weighted by Gasteiger charge is -2.43. The Hall–Kier alpha value is -2.03. The highest BCUT2D eigenvalue weighted by molar-refractivity contribution is 7.90. The van der Waals surface area contributed by atoms with E-state index in [2.05, 4.69) is 0 Å². The van der Waals surface area contributed by atoms with Gasteiger partial charge in [0.15, 0.2) is 20.1 Å². The monoisotopic (exact) mass is 557 g/mol. The molecule has 2 aliphatic rings. The van der Waals surface area contributed by atoms with Gasteiger partial charge in [-0.2, -0.15) is 8.42 Å². The van der Waals surface area contributed by atoms with Crippen molar-refractivity contribution in [1.82, 2.24) is 9.13 Å². The smallest absolute Gasteiger partial charge is 0.332 e. The van der Waals surface area contributed by atoms with Gasteiger partial charge in [-0.3, -0.25) is 13.9 Å². The second-order valence-electron chi connectivity index (χ2n) is 11.4. The minimum Gasteiger partial charge on any atom is -0.406 e. The van der Waals surface area contributed by atoms with E-state index in [1.807, 2.05) is 53.8 Å². The van der Waals surface area contributed by atoms with Gasteiger partial charge in [0.2, 0.25) is 0 Å². The lowest BCUT2D eigenvalue weighted by molar-refractivity contribution is -0.0717. The van der Waals surface area contributed by atoms with Crippen LogP contribution in [0.1, 0.15) is 46.4 Å². The number of allylic oxidation sites excluding steroid dienone is 1. The highest BCUT2D eigenvalue weighted by atomic mass is 32.2. The molecule has 0 aliphatic carbocycles. The van der Waals surface area contributed by atoms with Crippen LogP contribution in [-0.4, -0.2) is 56.9 Å². The van der Waals surface area contributed by atoms with Crippen molar-refractivity contribution in [2.24, 2.45) is 12.8 Å². The lowest BCUT2D eigenvalue weighted by Crippen LogP contribution is -2.58. The molecule has 1 aromatic rings. The van der Waals surface area contributed by atoms with Crippen LogP contribution < -0.4 is 17.0 Å². The molecule has 208 valence electrons. The van der Waals surface area contributed by atoms with Crippen LogP contribution in [0.25, 0.3) is 0 Å². The molecule has 1 fully saturated rings. The van der Waals surface area contributed by atoms with Crippen molar-refractivity contribution in [3.63, 3.8) is 0 Å². The lowest BCUT2D eigenvalue weighted by atomic mass is 9.89. The average Bonchev–Trinajstić information content (AvgIpc) is 3.18. The van der Waals surface area contributed by atoms with Gasteiger partial charge in [0.05, 0.1) is 24.3 Å². The van der Waals surface area contributed by atoms with E-state index in [0.29, 0.717) is 5.56 Å². The Kier molecular flexibility index (Phi) is 7.92. The molecule has 11 nitrogen and oxygen atoms in total. The van der Waals surface area contributed by atoms with Gasteiger partial charge in [-0.15, -0.1) is 0 Å². The molecule has 0 unspecified atom stereocenters. The Labute approximate surface area is 219 Å². The summed E-state index contributed by atoms with van der Waals surface area (Å²) in [6.45, 7) is 15.7. The van der Waals surface area contributed by atoms with Crippen LogP contribution in [0.15, 0.2) is 38.5 Å².